The van der Waals surface area contributed by atoms with E-state index in [-0.39, 0.29) is 7.15 Å². The van der Waals surface area contributed by atoms with Crippen molar-refractivity contribution in [2.24, 2.45) is 4.85 Å². The second kappa shape index (κ2) is 5.37. The summed E-state index contributed by atoms with van der Waals surface area (Å²) in [5.41, 5.74) is 2.25. The van der Waals surface area contributed by atoms with Crippen LogP contribution >= 0.6 is 7.15 Å². The number of carboxylic acid groups (broad SMARTS) is 1. The molecule has 5 nitrogen and oxygen atoms in total. The highest BCUT2D eigenvalue weighted by Crippen LogP contribution is 1.93. The number of hydrogen-bond acceptors (Lipinski definition) is 4. The number of aliphatic carboxylic acids is 1. The number of nitrogens with one attached hydrogen (secondary N) is 1. The van der Waals surface area contributed by atoms with Gasteiger partial charge in [-0.1, -0.05) is 0 Å². The van der Waals surface area contributed by atoms with E-state index >= 15 is 0 Å². The molecule has 0 saturated carbocycles. The van der Waals surface area contributed by atoms with Gasteiger partial charge >= 0.3 is 5.97 Å². The minimum absolute atomic E-state index is 0.141. The molecule has 0 aromatic carbocycles. The lowest BCUT2D eigenvalue weighted by Crippen LogP contribution is -2.41. The van der Waals surface area contributed by atoms with E-state index < -0.39 is 18.1 Å². The van der Waals surface area contributed by atoms with Crippen molar-refractivity contribution in [3.05, 3.63) is 0 Å². The summed E-state index contributed by atoms with van der Waals surface area (Å²) in [5, 5.41) is 17.3. The van der Waals surface area contributed by atoms with Crippen LogP contribution in [-0.4, -0.2) is 28.3 Å². The quantitative estimate of drug-likeness (QED) is 0.423. The first-order chi connectivity index (χ1) is 5.09. The van der Waals surface area contributed by atoms with E-state index in [4.69, 9.17) is 10.2 Å². The molecule has 7 heteroatoms. The van der Waals surface area contributed by atoms with Crippen molar-refractivity contribution >= 4 is 24.9 Å². The van der Waals surface area contributed by atoms with Gasteiger partial charge < -0.3 is 10.2 Å². The normalized spacial score (nSPS) is 15.8. The van der Waals surface area contributed by atoms with Crippen molar-refractivity contribution in [2.45, 2.75) is 19.1 Å². The third-order valence-corrected chi connectivity index (χ3v) is 1.49. The fourth-order valence-corrected chi connectivity index (χ4v) is 0.815. The van der Waals surface area contributed by atoms with E-state index in [2.05, 4.69) is 22.1 Å². The maximum Gasteiger partial charge on any atom is 0.325 e. The van der Waals surface area contributed by atoms with Crippen LogP contribution in [0.15, 0.2) is 4.85 Å². The standard InChI is InChI=1S/C4H9N2O3PS/c1-2(7)3(4(8)9)5-6-10-11/h2-3,5,7,10H,1H3,(H,8,9). The van der Waals surface area contributed by atoms with Gasteiger partial charge in [0.2, 0.25) is 0 Å². The molecule has 0 aliphatic heterocycles. The fraction of sp³-hybridized carbons (Fsp3) is 0.750. The molecule has 64 valence electrons. The predicted octanol–water partition coefficient (Wildman–Crippen LogP) is -0.351. The highest BCUT2D eigenvalue weighted by atomic mass is 32.4. The molecule has 3 N–H and O–H groups in total. The second-order valence-corrected chi connectivity index (χ2v) is 2.84. The van der Waals surface area contributed by atoms with Crippen molar-refractivity contribution in [2.75, 3.05) is 0 Å². The molecule has 11 heavy (non-hydrogen) atoms. The molecule has 0 radical (unpaired) electrons. The van der Waals surface area contributed by atoms with Gasteiger partial charge in [-0.05, 0) is 18.7 Å². The number of carbonyl (C=O) groups is 1. The smallest absolute Gasteiger partial charge is 0.325 e. The fourth-order valence-electron chi connectivity index (χ4n) is 0.465. The SMILES string of the molecule is CC(O)C(NN=[PH]=S)C(=O)O. The molecular weight excluding hydrogens is 187 g/mol. The molecule has 0 aromatic rings. The van der Waals surface area contributed by atoms with Gasteiger partial charge in [0.25, 0.3) is 0 Å². The molecule has 0 aliphatic rings. The second-order valence-electron chi connectivity index (χ2n) is 1.89. The van der Waals surface area contributed by atoms with E-state index in [0.717, 1.165) is 0 Å². The molecule has 0 saturated heterocycles. The summed E-state index contributed by atoms with van der Waals surface area (Å²) >= 11 is 4.47. The van der Waals surface area contributed by atoms with Gasteiger partial charge in [0.15, 0.2) is 6.04 Å². The topological polar surface area (TPSA) is 81.9 Å². The number of hydrogen-bond donors (Lipinski definition) is 3. The molecular formula is C4H9N2O3PS. The van der Waals surface area contributed by atoms with Crippen LogP contribution < -0.4 is 5.43 Å². The molecule has 0 spiro atoms. The first-order valence-corrected chi connectivity index (χ1v) is 4.91. The summed E-state index contributed by atoms with van der Waals surface area (Å²) in [4.78, 5) is 13.8. The third kappa shape index (κ3) is 4.21. The van der Waals surface area contributed by atoms with Crippen molar-refractivity contribution in [1.82, 2.24) is 5.43 Å². The van der Waals surface area contributed by atoms with Crippen molar-refractivity contribution in [3.8, 4) is 0 Å². The molecule has 0 aromatic heterocycles. The molecule has 0 bridgehead atoms. The van der Waals surface area contributed by atoms with Crippen LogP contribution in [-0.2, 0) is 16.6 Å². The van der Waals surface area contributed by atoms with E-state index in [1.54, 1.807) is 0 Å². The van der Waals surface area contributed by atoms with Crippen LogP contribution in [0.4, 0.5) is 0 Å². The number of carboxylic acids is 1. The minimum atomic E-state index is -1.14. The molecule has 0 fully saturated rings. The number of aliphatic hydroxyl groups is 1. The zero-order chi connectivity index (χ0) is 8.85. The Morgan fingerprint density at radius 2 is 2.36 bits per heavy atom. The lowest BCUT2D eigenvalue weighted by atomic mass is 10.2. The Labute approximate surface area is 70.0 Å². The van der Waals surface area contributed by atoms with Crippen LogP contribution in [0.25, 0.3) is 0 Å². The van der Waals surface area contributed by atoms with Gasteiger partial charge in [-0.15, -0.1) is 0 Å². The maximum atomic E-state index is 10.3. The van der Waals surface area contributed by atoms with E-state index in [1.165, 1.54) is 6.92 Å². The molecule has 0 aliphatic carbocycles. The Morgan fingerprint density at radius 1 is 1.82 bits per heavy atom. The lowest BCUT2D eigenvalue weighted by Gasteiger charge is -2.12. The third-order valence-electron chi connectivity index (χ3n) is 0.998. The predicted molar refractivity (Wildman–Crippen MR) is 44.3 cm³/mol. The van der Waals surface area contributed by atoms with Crippen molar-refractivity contribution in [1.29, 1.82) is 0 Å². The molecule has 0 heterocycles. The van der Waals surface area contributed by atoms with Crippen LogP contribution in [0.1, 0.15) is 6.92 Å². The van der Waals surface area contributed by atoms with E-state index in [9.17, 15) is 4.79 Å². The van der Waals surface area contributed by atoms with E-state index in [1.807, 2.05) is 0 Å². The Bertz CT molecular complexity index is 192. The largest absolute Gasteiger partial charge is 0.480 e. The zero-order valence-corrected chi connectivity index (χ0v) is 7.63. The molecule has 0 amide bonds. The van der Waals surface area contributed by atoms with E-state index in [0.29, 0.717) is 0 Å². The Morgan fingerprint density at radius 3 is 2.64 bits per heavy atom. The van der Waals surface area contributed by atoms with Gasteiger partial charge in [-0.3, -0.25) is 4.79 Å². The summed E-state index contributed by atoms with van der Waals surface area (Å²) in [6.07, 6.45) is -0.984. The Balaban J connectivity index is 4.11. The number of aliphatic hydroxyl groups excluding tert-OH is 1. The minimum Gasteiger partial charge on any atom is -0.480 e. The van der Waals surface area contributed by atoms with Gasteiger partial charge in [0.1, 0.15) is 0 Å². The highest BCUT2D eigenvalue weighted by molar-refractivity contribution is 7.92. The molecule has 0 rings (SSSR count). The average Bonchev–Trinajstić information content (AvgIpc) is 1.87. The van der Waals surface area contributed by atoms with Crippen molar-refractivity contribution in [3.63, 3.8) is 0 Å². The molecule has 3 unspecified atom stereocenters. The van der Waals surface area contributed by atoms with Crippen LogP contribution in [0, 0.1) is 0 Å². The van der Waals surface area contributed by atoms with Gasteiger partial charge in [-0.2, -0.15) is 10.3 Å². The van der Waals surface area contributed by atoms with Gasteiger partial charge in [0, 0.05) is 7.15 Å². The lowest BCUT2D eigenvalue weighted by molar-refractivity contribution is -0.142. The maximum absolute atomic E-state index is 10.3. The summed E-state index contributed by atoms with van der Waals surface area (Å²) in [5.74, 6) is -1.14. The first kappa shape index (κ1) is 10.7. The van der Waals surface area contributed by atoms with Gasteiger partial charge in [0.05, 0.1) is 6.10 Å². The zero-order valence-electron chi connectivity index (χ0n) is 5.81. The highest BCUT2D eigenvalue weighted by Gasteiger charge is 2.21. The first-order valence-electron chi connectivity index (χ1n) is 2.83. The Kier molecular flexibility index (Phi) is 5.23. The summed E-state index contributed by atoms with van der Waals surface area (Å²) in [6, 6.07) is -1.06. The Hall–Kier alpha value is -0.290. The van der Waals surface area contributed by atoms with Gasteiger partial charge in [-0.25, -0.2) is 0 Å². The number of nitrogens with zero attached hydrogens (tertiary/aromatic N) is 1. The molecule has 3 atom stereocenters. The number of rotatable bonds is 4. The summed E-state index contributed by atoms with van der Waals surface area (Å²) in [7, 11) is -0.141. The summed E-state index contributed by atoms with van der Waals surface area (Å²) < 4.78 is 0. The van der Waals surface area contributed by atoms with Crippen LogP contribution in [0.2, 0.25) is 0 Å². The monoisotopic (exact) mass is 196 g/mol. The summed E-state index contributed by atoms with van der Waals surface area (Å²) in [6.45, 7) is 1.37. The van der Waals surface area contributed by atoms with Crippen molar-refractivity contribution < 1.29 is 15.0 Å². The van der Waals surface area contributed by atoms with Crippen LogP contribution in [0.5, 0.6) is 0 Å². The van der Waals surface area contributed by atoms with Crippen LogP contribution in [0.3, 0.4) is 0 Å². The average molecular weight is 196 g/mol.